The Hall–Kier alpha value is -2.09. The van der Waals surface area contributed by atoms with Gasteiger partial charge in [0, 0.05) is 16.3 Å². The lowest BCUT2D eigenvalue weighted by Crippen LogP contribution is -2.12. The molecule has 1 aromatic heterocycles. The van der Waals surface area contributed by atoms with E-state index in [1.807, 2.05) is 36.4 Å². The van der Waals surface area contributed by atoms with E-state index in [1.54, 1.807) is 0 Å². The molecule has 0 atom stereocenters. The summed E-state index contributed by atoms with van der Waals surface area (Å²) < 4.78 is 0. The van der Waals surface area contributed by atoms with Gasteiger partial charge in [-0.1, -0.05) is 39.0 Å². The molecule has 0 saturated carbocycles. The topological polar surface area (TPSA) is 32.9 Å². The monoisotopic (exact) mass is 251 g/mol. The molecule has 96 valence electrons. The number of hydrogen-bond donors (Lipinski definition) is 1. The largest absolute Gasteiger partial charge is 0.354 e. The Bertz CT molecular complexity index is 822. The lowest BCUT2D eigenvalue weighted by molar-refractivity contribution is 0.591. The van der Waals surface area contributed by atoms with Crippen LogP contribution in [0.4, 0.5) is 0 Å². The maximum atomic E-state index is 12.4. The molecule has 0 unspecified atom stereocenters. The lowest BCUT2D eigenvalue weighted by Gasteiger charge is -2.19. The standard InChI is InChI=1S/C17H17NO/c1-17(2,3)11-8-9-13-15(10-11)18-14-7-5-4-6-12(14)16(13)19/h4-10H,1-3H3,(H,18,19). The van der Waals surface area contributed by atoms with Crippen LogP contribution < -0.4 is 5.43 Å². The Labute approximate surface area is 112 Å². The third-order valence-corrected chi connectivity index (χ3v) is 3.57. The van der Waals surface area contributed by atoms with Gasteiger partial charge in [-0.05, 0) is 35.2 Å². The van der Waals surface area contributed by atoms with Crippen LogP contribution in [0.25, 0.3) is 21.8 Å². The number of aromatic amines is 1. The van der Waals surface area contributed by atoms with Gasteiger partial charge in [-0.3, -0.25) is 4.79 Å². The molecule has 0 aliphatic heterocycles. The van der Waals surface area contributed by atoms with Crippen molar-refractivity contribution in [2.75, 3.05) is 0 Å². The summed E-state index contributed by atoms with van der Waals surface area (Å²) in [6, 6.07) is 13.7. The van der Waals surface area contributed by atoms with Crippen molar-refractivity contribution in [2.24, 2.45) is 0 Å². The fourth-order valence-electron chi connectivity index (χ4n) is 2.39. The summed E-state index contributed by atoms with van der Waals surface area (Å²) in [6.07, 6.45) is 0. The van der Waals surface area contributed by atoms with Crippen LogP contribution in [0.2, 0.25) is 0 Å². The first-order valence-corrected chi connectivity index (χ1v) is 6.52. The first-order valence-electron chi connectivity index (χ1n) is 6.52. The highest BCUT2D eigenvalue weighted by Crippen LogP contribution is 2.25. The molecule has 2 aromatic carbocycles. The summed E-state index contributed by atoms with van der Waals surface area (Å²) in [5, 5.41) is 1.50. The maximum Gasteiger partial charge on any atom is 0.197 e. The summed E-state index contributed by atoms with van der Waals surface area (Å²) in [7, 11) is 0. The molecule has 1 heterocycles. The van der Waals surface area contributed by atoms with E-state index in [0.717, 1.165) is 21.8 Å². The molecule has 0 spiro atoms. The maximum absolute atomic E-state index is 12.4. The molecule has 3 aromatic rings. The van der Waals surface area contributed by atoms with Crippen LogP contribution in [0, 0.1) is 0 Å². The lowest BCUT2D eigenvalue weighted by atomic mass is 9.86. The number of rotatable bonds is 0. The number of hydrogen-bond acceptors (Lipinski definition) is 1. The zero-order chi connectivity index (χ0) is 13.6. The van der Waals surface area contributed by atoms with Crippen LogP contribution in [-0.4, -0.2) is 4.98 Å². The van der Waals surface area contributed by atoms with Gasteiger partial charge in [0.05, 0.1) is 5.52 Å². The van der Waals surface area contributed by atoms with Crippen molar-refractivity contribution in [3.8, 4) is 0 Å². The van der Waals surface area contributed by atoms with Gasteiger partial charge in [0.25, 0.3) is 0 Å². The fraction of sp³-hybridized carbons (Fsp3) is 0.235. The third kappa shape index (κ3) is 1.93. The highest BCUT2D eigenvalue weighted by molar-refractivity contribution is 5.92. The van der Waals surface area contributed by atoms with Crippen molar-refractivity contribution in [3.63, 3.8) is 0 Å². The minimum atomic E-state index is 0.0801. The summed E-state index contributed by atoms with van der Waals surface area (Å²) >= 11 is 0. The number of H-pyrrole nitrogens is 1. The summed E-state index contributed by atoms with van der Waals surface area (Å²) in [5.41, 5.74) is 3.22. The summed E-state index contributed by atoms with van der Waals surface area (Å²) in [5.74, 6) is 0. The van der Waals surface area contributed by atoms with E-state index in [0.29, 0.717) is 0 Å². The molecule has 0 bridgehead atoms. The van der Waals surface area contributed by atoms with E-state index >= 15 is 0 Å². The Morgan fingerprint density at radius 3 is 2.32 bits per heavy atom. The van der Waals surface area contributed by atoms with Gasteiger partial charge in [-0.25, -0.2) is 0 Å². The molecule has 1 N–H and O–H groups in total. The SMILES string of the molecule is CC(C)(C)c1ccc2c(=O)c3ccccc3[nH]c2c1. The molecule has 0 radical (unpaired) electrons. The second-order valence-electron chi connectivity index (χ2n) is 6.01. The van der Waals surface area contributed by atoms with Gasteiger partial charge in [-0.2, -0.15) is 0 Å². The van der Waals surface area contributed by atoms with Crippen LogP contribution in [0.1, 0.15) is 26.3 Å². The van der Waals surface area contributed by atoms with Crippen LogP contribution in [0.15, 0.2) is 47.3 Å². The zero-order valence-corrected chi connectivity index (χ0v) is 11.4. The minimum Gasteiger partial charge on any atom is -0.354 e. The van der Waals surface area contributed by atoms with Crippen molar-refractivity contribution in [2.45, 2.75) is 26.2 Å². The quantitative estimate of drug-likeness (QED) is 0.602. The van der Waals surface area contributed by atoms with Gasteiger partial charge in [0.1, 0.15) is 0 Å². The molecule has 2 nitrogen and oxygen atoms in total. The molecule has 19 heavy (non-hydrogen) atoms. The second-order valence-corrected chi connectivity index (χ2v) is 6.01. The van der Waals surface area contributed by atoms with Gasteiger partial charge >= 0.3 is 0 Å². The molecular weight excluding hydrogens is 234 g/mol. The molecule has 2 heteroatoms. The highest BCUT2D eigenvalue weighted by Gasteiger charge is 2.15. The molecular formula is C17H17NO. The Balaban J connectivity index is 2.42. The first kappa shape index (κ1) is 12.0. The van der Waals surface area contributed by atoms with E-state index in [2.05, 4.69) is 31.8 Å². The molecule has 0 aliphatic rings. The van der Waals surface area contributed by atoms with Gasteiger partial charge in [0.15, 0.2) is 5.43 Å². The van der Waals surface area contributed by atoms with Gasteiger partial charge in [-0.15, -0.1) is 0 Å². The van der Waals surface area contributed by atoms with E-state index in [1.165, 1.54) is 5.56 Å². The molecule has 0 saturated heterocycles. The highest BCUT2D eigenvalue weighted by atomic mass is 16.1. The summed E-state index contributed by atoms with van der Waals surface area (Å²) in [6.45, 7) is 6.52. The average molecular weight is 251 g/mol. The van der Waals surface area contributed by atoms with Crippen LogP contribution >= 0.6 is 0 Å². The Morgan fingerprint density at radius 2 is 1.58 bits per heavy atom. The predicted molar refractivity (Wildman–Crippen MR) is 80.8 cm³/mol. The fourth-order valence-corrected chi connectivity index (χ4v) is 2.39. The van der Waals surface area contributed by atoms with Crippen LogP contribution in [-0.2, 0) is 5.41 Å². The van der Waals surface area contributed by atoms with Crippen LogP contribution in [0.5, 0.6) is 0 Å². The number of para-hydroxylation sites is 1. The van der Waals surface area contributed by atoms with Crippen molar-refractivity contribution in [1.82, 2.24) is 4.98 Å². The van der Waals surface area contributed by atoms with Crippen molar-refractivity contribution < 1.29 is 0 Å². The van der Waals surface area contributed by atoms with Gasteiger partial charge in [0.2, 0.25) is 0 Å². The molecule has 3 rings (SSSR count). The predicted octanol–water partition coefficient (Wildman–Crippen LogP) is 3.98. The average Bonchev–Trinajstić information content (AvgIpc) is 2.37. The van der Waals surface area contributed by atoms with E-state index < -0.39 is 0 Å². The Kier molecular flexibility index (Phi) is 2.49. The minimum absolute atomic E-state index is 0.0801. The molecule has 0 fully saturated rings. The summed E-state index contributed by atoms with van der Waals surface area (Å²) in [4.78, 5) is 15.8. The van der Waals surface area contributed by atoms with E-state index in [4.69, 9.17) is 0 Å². The number of nitrogens with one attached hydrogen (secondary N) is 1. The number of aromatic nitrogens is 1. The van der Waals surface area contributed by atoms with Gasteiger partial charge < -0.3 is 4.98 Å². The van der Waals surface area contributed by atoms with Crippen molar-refractivity contribution in [1.29, 1.82) is 0 Å². The van der Waals surface area contributed by atoms with E-state index in [-0.39, 0.29) is 10.8 Å². The van der Waals surface area contributed by atoms with Crippen LogP contribution in [0.3, 0.4) is 0 Å². The second kappa shape index (κ2) is 3.95. The van der Waals surface area contributed by atoms with E-state index in [9.17, 15) is 4.79 Å². The smallest absolute Gasteiger partial charge is 0.197 e. The number of pyridine rings is 1. The number of benzene rings is 2. The molecule has 0 aliphatic carbocycles. The van der Waals surface area contributed by atoms with Crippen molar-refractivity contribution >= 4 is 21.8 Å². The third-order valence-electron chi connectivity index (χ3n) is 3.57. The first-order chi connectivity index (χ1) is 8.97. The number of fused-ring (bicyclic) bond motifs is 2. The van der Waals surface area contributed by atoms with Crippen molar-refractivity contribution in [3.05, 3.63) is 58.3 Å². The zero-order valence-electron chi connectivity index (χ0n) is 11.4. The molecule has 0 amide bonds. The Morgan fingerprint density at radius 1 is 0.895 bits per heavy atom. The normalized spacial score (nSPS) is 12.2.